The largest absolute Gasteiger partial charge is 0.351 e. The molecule has 0 spiro atoms. The number of fused-ring (bicyclic) bond motifs is 1. The third-order valence-electron chi connectivity index (χ3n) is 4.40. The molecule has 2 aromatic rings. The van der Waals surface area contributed by atoms with Gasteiger partial charge in [-0.25, -0.2) is 0 Å². The van der Waals surface area contributed by atoms with E-state index in [4.69, 9.17) is 11.6 Å². The van der Waals surface area contributed by atoms with Crippen molar-refractivity contribution in [2.75, 3.05) is 18.0 Å². The van der Waals surface area contributed by atoms with Crippen LogP contribution in [0.15, 0.2) is 42.5 Å². The van der Waals surface area contributed by atoms with Crippen LogP contribution in [0.4, 0.5) is 5.69 Å². The van der Waals surface area contributed by atoms with Crippen LogP contribution in [0.25, 0.3) is 0 Å². The lowest BCUT2D eigenvalue weighted by molar-refractivity contribution is -0.118. The highest BCUT2D eigenvalue weighted by Gasteiger charge is 2.22. The van der Waals surface area contributed by atoms with Crippen LogP contribution in [0, 0.1) is 6.92 Å². The normalized spacial score (nSPS) is 13.3. The number of carbonyl (C=O) groups excluding carboxylic acids is 2. The Balaban J connectivity index is 1.59. The number of hydrogen-bond donors (Lipinski definition) is 1. The van der Waals surface area contributed by atoms with Crippen molar-refractivity contribution in [3.8, 4) is 0 Å². The van der Waals surface area contributed by atoms with Gasteiger partial charge in [0.15, 0.2) is 0 Å². The Labute approximate surface area is 152 Å². The minimum absolute atomic E-state index is 0.0317. The molecule has 0 bridgehead atoms. The summed E-state index contributed by atoms with van der Waals surface area (Å²) in [6, 6.07) is 13.1. The predicted molar refractivity (Wildman–Crippen MR) is 100 cm³/mol. The molecule has 25 heavy (non-hydrogen) atoms. The predicted octanol–water partition coefficient (Wildman–Crippen LogP) is 3.75. The van der Waals surface area contributed by atoms with Gasteiger partial charge in [0.1, 0.15) is 0 Å². The monoisotopic (exact) mass is 356 g/mol. The summed E-state index contributed by atoms with van der Waals surface area (Å²) in [5.41, 5.74) is 3.86. The van der Waals surface area contributed by atoms with Crippen LogP contribution in [0.3, 0.4) is 0 Å². The van der Waals surface area contributed by atoms with Gasteiger partial charge in [-0.2, -0.15) is 0 Å². The second-order valence-electron chi connectivity index (χ2n) is 6.27. The maximum Gasteiger partial charge on any atom is 0.252 e. The number of nitrogens with one attached hydrogen (secondary N) is 1. The number of rotatable bonds is 4. The molecule has 0 aromatic heterocycles. The topological polar surface area (TPSA) is 49.4 Å². The molecule has 0 aliphatic carbocycles. The number of hydrogen-bond acceptors (Lipinski definition) is 2. The summed E-state index contributed by atoms with van der Waals surface area (Å²) in [6.07, 6.45) is 2.24. The van der Waals surface area contributed by atoms with Crippen LogP contribution in [0.1, 0.15) is 34.3 Å². The highest BCUT2D eigenvalue weighted by molar-refractivity contribution is 6.33. The van der Waals surface area contributed by atoms with Crippen molar-refractivity contribution >= 4 is 29.1 Å². The zero-order valence-electron chi connectivity index (χ0n) is 14.2. The Kier molecular flexibility index (Phi) is 5.39. The van der Waals surface area contributed by atoms with E-state index in [2.05, 4.69) is 18.3 Å². The second kappa shape index (κ2) is 7.70. The molecule has 1 heterocycles. The summed E-state index contributed by atoms with van der Waals surface area (Å²) in [7, 11) is 0. The first-order valence-corrected chi connectivity index (χ1v) is 8.86. The van der Waals surface area contributed by atoms with Gasteiger partial charge in [-0.05, 0) is 43.5 Å². The van der Waals surface area contributed by atoms with Crippen molar-refractivity contribution in [1.82, 2.24) is 5.32 Å². The number of benzene rings is 2. The minimum Gasteiger partial charge on any atom is -0.351 e. The summed E-state index contributed by atoms with van der Waals surface area (Å²) in [6.45, 7) is 3.08. The zero-order chi connectivity index (χ0) is 17.8. The van der Waals surface area contributed by atoms with E-state index in [0.29, 0.717) is 17.1 Å². The van der Waals surface area contributed by atoms with Gasteiger partial charge in [0.25, 0.3) is 5.91 Å². The van der Waals surface area contributed by atoms with Crippen molar-refractivity contribution in [3.05, 3.63) is 64.2 Å². The van der Waals surface area contributed by atoms with Gasteiger partial charge in [-0.15, -0.1) is 0 Å². The quantitative estimate of drug-likeness (QED) is 0.907. The van der Waals surface area contributed by atoms with Crippen molar-refractivity contribution in [2.45, 2.75) is 26.2 Å². The van der Waals surface area contributed by atoms with E-state index < -0.39 is 0 Å². The number of halogens is 1. The molecular formula is C20H21ClN2O2. The molecule has 1 aliphatic heterocycles. The lowest BCUT2D eigenvalue weighted by atomic mass is 9.99. The minimum atomic E-state index is -0.256. The number of amides is 2. The highest BCUT2D eigenvalue weighted by atomic mass is 35.5. The van der Waals surface area contributed by atoms with Gasteiger partial charge in [-0.1, -0.05) is 41.4 Å². The fourth-order valence-corrected chi connectivity index (χ4v) is 3.37. The third kappa shape index (κ3) is 4.02. The maximum atomic E-state index is 12.6. The fourth-order valence-electron chi connectivity index (χ4n) is 3.14. The van der Waals surface area contributed by atoms with Gasteiger partial charge >= 0.3 is 0 Å². The first-order chi connectivity index (χ1) is 12.1. The maximum absolute atomic E-state index is 12.6. The molecule has 0 fully saturated rings. The van der Waals surface area contributed by atoms with Crippen molar-refractivity contribution in [2.24, 2.45) is 0 Å². The van der Waals surface area contributed by atoms with Gasteiger partial charge in [0.2, 0.25) is 5.91 Å². The number of nitrogens with zero attached hydrogens (tertiary/aromatic N) is 1. The van der Waals surface area contributed by atoms with Crippen LogP contribution in [0.5, 0.6) is 0 Å². The van der Waals surface area contributed by atoms with Gasteiger partial charge < -0.3 is 10.2 Å². The lowest BCUT2D eigenvalue weighted by Gasteiger charge is -2.30. The first kappa shape index (κ1) is 17.5. The van der Waals surface area contributed by atoms with E-state index in [0.717, 1.165) is 25.1 Å². The van der Waals surface area contributed by atoms with E-state index in [1.165, 1.54) is 11.1 Å². The molecular weight excluding hydrogens is 336 g/mol. The molecule has 1 aliphatic rings. The first-order valence-electron chi connectivity index (χ1n) is 8.49. The van der Waals surface area contributed by atoms with E-state index in [1.807, 2.05) is 17.0 Å². The van der Waals surface area contributed by atoms with E-state index >= 15 is 0 Å². The van der Waals surface area contributed by atoms with Crippen molar-refractivity contribution < 1.29 is 9.59 Å². The molecule has 0 atom stereocenters. The molecule has 0 unspecified atom stereocenters. The summed E-state index contributed by atoms with van der Waals surface area (Å²) in [5, 5.41) is 3.18. The van der Waals surface area contributed by atoms with Crippen LogP contribution in [0.2, 0.25) is 5.02 Å². The Morgan fingerprint density at radius 2 is 2.00 bits per heavy atom. The molecule has 2 aromatic carbocycles. The highest BCUT2D eigenvalue weighted by Crippen LogP contribution is 2.28. The number of aryl methyl sites for hydroxylation is 2. The van der Waals surface area contributed by atoms with Gasteiger partial charge in [0.05, 0.1) is 10.6 Å². The summed E-state index contributed by atoms with van der Waals surface area (Å²) >= 11 is 6.02. The van der Waals surface area contributed by atoms with E-state index in [1.54, 1.807) is 24.3 Å². The summed E-state index contributed by atoms with van der Waals surface area (Å²) in [4.78, 5) is 26.6. The standard InChI is InChI=1S/C20H21ClN2O2/c1-14-8-9-18-15(13-14)5-4-12-23(18)19(24)10-11-22-20(25)16-6-2-3-7-17(16)21/h2-3,6-9,13H,4-5,10-12H2,1H3,(H,22,25). The molecule has 2 amide bonds. The molecule has 1 N–H and O–H groups in total. The molecule has 0 radical (unpaired) electrons. The van der Waals surface area contributed by atoms with Gasteiger partial charge in [0, 0.05) is 25.2 Å². The Hall–Kier alpha value is -2.33. The molecule has 0 saturated heterocycles. The fraction of sp³-hybridized carbons (Fsp3) is 0.300. The second-order valence-corrected chi connectivity index (χ2v) is 6.67. The molecule has 5 heteroatoms. The summed E-state index contributed by atoms with van der Waals surface area (Å²) in [5.74, 6) is -0.225. The van der Waals surface area contributed by atoms with Gasteiger partial charge in [-0.3, -0.25) is 9.59 Å². The number of carbonyl (C=O) groups is 2. The van der Waals surface area contributed by atoms with Crippen molar-refractivity contribution in [1.29, 1.82) is 0 Å². The average molecular weight is 357 g/mol. The number of anilines is 1. The average Bonchev–Trinajstić information content (AvgIpc) is 2.61. The van der Waals surface area contributed by atoms with Crippen LogP contribution >= 0.6 is 11.6 Å². The van der Waals surface area contributed by atoms with E-state index in [9.17, 15) is 9.59 Å². The SMILES string of the molecule is Cc1ccc2c(c1)CCCN2C(=O)CCNC(=O)c1ccccc1Cl. The molecule has 4 nitrogen and oxygen atoms in total. The Morgan fingerprint density at radius 1 is 1.20 bits per heavy atom. The molecule has 130 valence electrons. The Bertz CT molecular complexity index is 804. The van der Waals surface area contributed by atoms with Crippen LogP contribution in [-0.4, -0.2) is 24.9 Å². The third-order valence-corrected chi connectivity index (χ3v) is 4.73. The molecule has 0 saturated carbocycles. The summed E-state index contributed by atoms with van der Waals surface area (Å²) < 4.78 is 0. The van der Waals surface area contributed by atoms with Crippen LogP contribution in [-0.2, 0) is 11.2 Å². The zero-order valence-corrected chi connectivity index (χ0v) is 15.0. The van der Waals surface area contributed by atoms with Crippen LogP contribution < -0.4 is 10.2 Å². The lowest BCUT2D eigenvalue weighted by Crippen LogP contribution is -2.37. The smallest absolute Gasteiger partial charge is 0.252 e. The van der Waals surface area contributed by atoms with Crippen molar-refractivity contribution in [3.63, 3.8) is 0 Å². The van der Waals surface area contributed by atoms with E-state index in [-0.39, 0.29) is 18.2 Å². The Morgan fingerprint density at radius 3 is 2.80 bits per heavy atom. The molecule has 3 rings (SSSR count).